The number of amides is 1. The smallest absolute Gasteiger partial charge is 0.303 e. The van der Waals surface area contributed by atoms with Crippen molar-refractivity contribution < 1.29 is 23.5 Å². The fourth-order valence-electron chi connectivity index (χ4n) is 2.17. The predicted octanol–water partition coefficient (Wildman–Crippen LogP) is 2.71. The first-order valence-corrected chi connectivity index (χ1v) is 6.92. The zero-order chi connectivity index (χ0) is 15.4. The van der Waals surface area contributed by atoms with Crippen LogP contribution in [-0.4, -0.2) is 27.9 Å². The van der Waals surface area contributed by atoms with E-state index >= 15 is 0 Å². The molecule has 1 aromatic carbocycles. The van der Waals surface area contributed by atoms with Crippen molar-refractivity contribution in [2.75, 3.05) is 0 Å². The van der Waals surface area contributed by atoms with E-state index in [-0.39, 0.29) is 43.3 Å². The van der Waals surface area contributed by atoms with Crippen LogP contribution in [0.5, 0.6) is 0 Å². The monoisotopic (exact) mass is 297 g/mol. The molecule has 0 heterocycles. The molecule has 0 spiro atoms. The lowest BCUT2D eigenvalue weighted by Gasteiger charge is -2.23. The van der Waals surface area contributed by atoms with Gasteiger partial charge in [0.1, 0.15) is 11.6 Å². The maximum atomic E-state index is 13.7. The second-order valence-corrected chi connectivity index (χ2v) is 5.24. The molecule has 1 amide bonds. The summed E-state index contributed by atoms with van der Waals surface area (Å²) >= 11 is 0. The molecule has 1 aliphatic carbocycles. The second kappa shape index (κ2) is 6.65. The van der Waals surface area contributed by atoms with Crippen LogP contribution in [0, 0.1) is 11.6 Å². The average molecular weight is 297 g/mol. The summed E-state index contributed by atoms with van der Waals surface area (Å²) < 4.78 is 26.5. The van der Waals surface area contributed by atoms with Crippen LogP contribution in [0.4, 0.5) is 8.78 Å². The van der Waals surface area contributed by atoms with Gasteiger partial charge in [-0.2, -0.15) is 0 Å². The Balaban J connectivity index is 1.98. The molecule has 1 aromatic rings. The van der Waals surface area contributed by atoms with Crippen molar-refractivity contribution in [3.63, 3.8) is 0 Å². The minimum absolute atomic E-state index is 0.0604. The molecule has 0 aromatic heterocycles. The van der Waals surface area contributed by atoms with Crippen LogP contribution < -0.4 is 0 Å². The van der Waals surface area contributed by atoms with Gasteiger partial charge in [0.05, 0.1) is 0 Å². The number of benzene rings is 1. The molecule has 0 unspecified atom stereocenters. The van der Waals surface area contributed by atoms with Gasteiger partial charge in [-0.05, 0) is 25.3 Å². The normalized spacial score (nSPS) is 14.0. The number of hydrogen-bond acceptors (Lipinski definition) is 2. The van der Waals surface area contributed by atoms with E-state index < -0.39 is 17.6 Å². The Morgan fingerprint density at radius 3 is 2.52 bits per heavy atom. The van der Waals surface area contributed by atoms with Crippen LogP contribution in [0.1, 0.15) is 37.7 Å². The Kier molecular flexibility index (Phi) is 4.88. The lowest BCUT2D eigenvalue weighted by Crippen LogP contribution is -2.32. The Morgan fingerprint density at radius 1 is 1.24 bits per heavy atom. The van der Waals surface area contributed by atoms with Crippen molar-refractivity contribution in [3.8, 4) is 0 Å². The third-order valence-corrected chi connectivity index (χ3v) is 3.45. The van der Waals surface area contributed by atoms with E-state index in [0.717, 1.165) is 18.9 Å². The van der Waals surface area contributed by atoms with Gasteiger partial charge < -0.3 is 10.0 Å². The first-order valence-electron chi connectivity index (χ1n) is 6.92. The highest BCUT2D eigenvalue weighted by Crippen LogP contribution is 2.29. The molecule has 0 atom stereocenters. The van der Waals surface area contributed by atoms with Gasteiger partial charge in [0.15, 0.2) is 0 Å². The highest BCUT2D eigenvalue weighted by atomic mass is 19.1. The second-order valence-electron chi connectivity index (χ2n) is 5.24. The molecule has 4 nitrogen and oxygen atoms in total. The third kappa shape index (κ3) is 4.51. The molecule has 0 bridgehead atoms. The van der Waals surface area contributed by atoms with E-state index in [9.17, 15) is 18.4 Å². The summed E-state index contributed by atoms with van der Waals surface area (Å²) in [6, 6.07) is 3.39. The number of nitrogens with zero attached hydrogens (tertiary/aromatic N) is 1. The molecular formula is C15H17F2NO3. The Hall–Kier alpha value is -1.98. The highest BCUT2D eigenvalue weighted by Gasteiger charge is 2.32. The van der Waals surface area contributed by atoms with Gasteiger partial charge in [-0.15, -0.1) is 0 Å². The van der Waals surface area contributed by atoms with Gasteiger partial charge in [-0.25, -0.2) is 8.78 Å². The minimum Gasteiger partial charge on any atom is -0.481 e. The maximum absolute atomic E-state index is 13.7. The quantitative estimate of drug-likeness (QED) is 0.842. The summed E-state index contributed by atoms with van der Waals surface area (Å²) in [4.78, 5) is 24.1. The number of rotatable bonds is 7. The lowest BCUT2D eigenvalue weighted by molar-refractivity contribution is -0.137. The molecule has 6 heteroatoms. The van der Waals surface area contributed by atoms with Gasteiger partial charge in [-0.3, -0.25) is 9.59 Å². The van der Waals surface area contributed by atoms with Crippen molar-refractivity contribution in [2.45, 2.75) is 44.7 Å². The average Bonchev–Trinajstić information content (AvgIpc) is 3.21. The Morgan fingerprint density at radius 2 is 1.95 bits per heavy atom. The summed E-state index contributed by atoms with van der Waals surface area (Å²) in [7, 11) is 0. The maximum Gasteiger partial charge on any atom is 0.303 e. The van der Waals surface area contributed by atoms with Crippen LogP contribution in [0.15, 0.2) is 18.2 Å². The molecule has 1 saturated carbocycles. The molecule has 1 fully saturated rings. The van der Waals surface area contributed by atoms with Crippen LogP contribution in [-0.2, 0) is 16.1 Å². The van der Waals surface area contributed by atoms with Crippen LogP contribution in [0.2, 0.25) is 0 Å². The first-order chi connectivity index (χ1) is 9.97. The third-order valence-electron chi connectivity index (χ3n) is 3.45. The molecule has 2 rings (SSSR count). The summed E-state index contributed by atoms with van der Waals surface area (Å²) in [6.07, 6.45) is 2.07. The highest BCUT2D eigenvalue weighted by molar-refractivity contribution is 5.77. The first kappa shape index (κ1) is 15.4. The van der Waals surface area contributed by atoms with Crippen LogP contribution in [0.25, 0.3) is 0 Å². The van der Waals surface area contributed by atoms with Gasteiger partial charge >= 0.3 is 5.97 Å². The summed E-state index contributed by atoms with van der Waals surface area (Å²) in [5.41, 5.74) is 0.273. The molecular weight excluding hydrogens is 280 g/mol. The fraction of sp³-hybridized carbons (Fsp3) is 0.467. The SMILES string of the molecule is O=C(O)CCCC(=O)N(Cc1ccc(F)cc1F)C1CC1. The minimum atomic E-state index is -0.939. The molecule has 1 aliphatic rings. The largest absolute Gasteiger partial charge is 0.481 e. The summed E-state index contributed by atoms with van der Waals surface area (Å²) in [5, 5.41) is 8.57. The molecule has 0 saturated heterocycles. The van der Waals surface area contributed by atoms with Crippen molar-refractivity contribution in [1.82, 2.24) is 4.90 Å². The van der Waals surface area contributed by atoms with E-state index in [0.29, 0.717) is 0 Å². The lowest BCUT2D eigenvalue weighted by atomic mass is 10.1. The van der Waals surface area contributed by atoms with Crippen LogP contribution in [0.3, 0.4) is 0 Å². The predicted molar refractivity (Wildman–Crippen MR) is 71.4 cm³/mol. The fourth-order valence-corrected chi connectivity index (χ4v) is 2.17. The van der Waals surface area contributed by atoms with Gasteiger partial charge in [0.25, 0.3) is 0 Å². The zero-order valence-electron chi connectivity index (χ0n) is 11.5. The number of aliphatic carboxylic acids is 1. The molecule has 0 aliphatic heterocycles. The number of carbonyl (C=O) groups is 2. The van der Waals surface area contributed by atoms with Crippen molar-refractivity contribution >= 4 is 11.9 Å². The van der Waals surface area contributed by atoms with E-state index in [1.807, 2.05) is 0 Å². The number of hydrogen-bond donors (Lipinski definition) is 1. The van der Waals surface area contributed by atoms with Gasteiger partial charge in [0.2, 0.25) is 5.91 Å². The number of carboxylic acid groups (broad SMARTS) is 1. The Labute approximate surface area is 121 Å². The zero-order valence-corrected chi connectivity index (χ0v) is 11.5. The topological polar surface area (TPSA) is 57.6 Å². The van der Waals surface area contributed by atoms with E-state index in [2.05, 4.69) is 0 Å². The summed E-state index contributed by atoms with van der Waals surface area (Å²) in [6.45, 7) is 0.0999. The van der Waals surface area contributed by atoms with Gasteiger partial charge in [0, 0.05) is 37.1 Å². The van der Waals surface area contributed by atoms with E-state index in [1.54, 1.807) is 4.90 Å². The molecule has 114 valence electrons. The number of carboxylic acids is 1. The molecule has 0 radical (unpaired) electrons. The summed E-state index contributed by atoms with van der Waals surface area (Å²) in [5.74, 6) is -2.44. The van der Waals surface area contributed by atoms with E-state index in [4.69, 9.17) is 5.11 Å². The number of halogens is 2. The van der Waals surface area contributed by atoms with Crippen molar-refractivity contribution in [1.29, 1.82) is 0 Å². The molecule has 1 N–H and O–H groups in total. The van der Waals surface area contributed by atoms with Crippen LogP contribution >= 0.6 is 0 Å². The van der Waals surface area contributed by atoms with Crippen molar-refractivity contribution in [2.24, 2.45) is 0 Å². The number of carbonyl (C=O) groups excluding carboxylic acids is 1. The van der Waals surface area contributed by atoms with Crippen molar-refractivity contribution in [3.05, 3.63) is 35.4 Å². The van der Waals surface area contributed by atoms with Gasteiger partial charge in [-0.1, -0.05) is 6.07 Å². The standard InChI is InChI=1S/C15H17F2NO3/c16-11-5-4-10(13(17)8-11)9-18(12-6-7-12)14(19)2-1-3-15(20)21/h4-5,8,12H,1-3,6-7,9H2,(H,20,21). The van der Waals surface area contributed by atoms with E-state index in [1.165, 1.54) is 12.1 Å². The Bertz CT molecular complexity index is 544. The molecule has 21 heavy (non-hydrogen) atoms.